The van der Waals surface area contributed by atoms with Crippen LogP contribution in [0.3, 0.4) is 0 Å². The molecule has 0 spiro atoms. The average molecular weight is 308 g/mol. The molecule has 0 aromatic heterocycles. The molecule has 3 N–H and O–H groups in total. The number of nitrogens with two attached hydrogens (primary N) is 1. The quantitative estimate of drug-likeness (QED) is 0.716. The molecule has 0 bridgehead atoms. The van der Waals surface area contributed by atoms with Crippen LogP contribution in [0.5, 0.6) is 5.75 Å². The number of benzene rings is 1. The summed E-state index contributed by atoms with van der Waals surface area (Å²) in [5.41, 5.74) is 5.81. The number of amides is 1. The maximum absolute atomic E-state index is 12.4. The van der Waals surface area contributed by atoms with E-state index in [1.165, 1.54) is 7.11 Å². The Balaban J connectivity index is 2.77. The Morgan fingerprint density at radius 3 is 2.50 bits per heavy atom. The molecular formula is C16H24N2O4. The second-order valence-corrected chi connectivity index (χ2v) is 5.04. The van der Waals surface area contributed by atoms with Crippen molar-refractivity contribution in [2.45, 2.75) is 26.7 Å². The van der Waals surface area contributed by atoms with E-state index in [-0.39, 0.29) is 12.5 Å². The van der Waals surface area contributed by atoms with Gasteiger partial charge < -0.3 is 20.5 Å². The standard InChI is InChI=1S/C16H24N2O4/c1-4-16(5-2,11-17)15(20)18-12-7-6-8-13(9-12)22-10-14(19)21-3/h6-9H,4-5,10-11,17H2,1-3H3,(H,18,20). The van der Waals surface area contributed by atoms with E-state index in [1.54, 1.807) is 24.3 Å². The SMILES string of the molecule is CCC(CC)(CN)C(=O)Nc1cccc(OCC(=O)OC)c1. The summed E-state index contributed by atoms with van der Waals surface area (Å²) in [5.74, 6) is -0.0896. The molecule has 22 heavy (non-hydrogen) atoms. The normalized spacial score (nSPS) is 10.9. The zero-order chi connectivity index (χ0) is 16.6. The van der Waals surface area contributed by atoms with E-state index < -0.39 is 11.4 Å². The number of rotatable bonds is 8. The van der Waals surface area contributed by atoms with Crippen molar-refractivity contribution >= 4 is 17.6 Å². The minimum atomic E-state index is -0.567. The van der Waals surface area contributed by atoms with Crippen molar-refractivity contribution in [1.82, 2.24) is 0 Å². The van der Waals surface area contributed by atoms with Gasteiger partial charge in [-0.05, 0) is 25.0 Å². The maximum Gasteiger partial charge on any atom is 0.343 e. The smallest absolute Gasteiger partial charge is 0.343 e. The molecule has 0 saturated carbocycles. The fourth-order valence-electron chi connectivity index (χ4n) is 2.08. The van der Waals surface area contributed by atoms with E-state index >= 15 is 0 Å². The zero-order valence-corrected chi connectivity index (χ0v) is 13.3. The van der Waals surface area contributed by atoms with Crippen LogP contribution in [0, 0.1) is 5.41 Å². The van der Waals surface area contributed by atoms with Crippen LogP contribution in [0.1, 0.15) is 26.7 Å². The van der Waals surface area contributed by atoms with Gasteiger partial charge in [-0.15, -0.1) is 0 Å². The van der Waals surface area contributed by atoms with Gasteiger partial charge in [0.2, 0.25) is 5.91 Å². The molecule has 6 nitrogen and oxygen atoms in total. The van der Waals surface area contributed by atoms with Crippen LogP contribution >= 0.6 is 0 Å². The van der Waals surface area contributed by atoms with E-state index in [0.29, 0.717) is 30.8 Å². The number of hydrogen-bond donors (Lipinski definition) is 2. The summed E-state index contributed by atoms with van der Waals surface area (Å²) >= 11 is 0. The molecule has 122 valence electrons. The monoisotopic (exact) mass is 308 g/mol. The number of carbonyl (C=O) groups excluding carboxylic acids is 2. The highest BCUT2D eigenvalue weighted by atomic mass is 16.6. The zero-order valence-electron chi connectivity index (χ0n) is 13.3. The molecule has 0 unspecified atom stereocenters. The first kappa shape index (κ1) is 18.0. The molecule has 0 heterocycles. The first-order chi connectivity index (χ1) is 10.5. The van der Waals surface area contributed by atoms with Gasteiger partial charge in [-0.1, -0.05) is 19.9 Å². The Morgan fingerprint density at radius 2 is 1.95 bits per heavy atom. The van der Waals surface area contributed by atoms with E-state index in [2.05, 4.69) is 10.1 Å². The van der Waals surface area contributed by atoms with Crippen LogP contribution in [0.4, 0.5) is 5.69 Å². The predicted molar refractivity (Wildman–Crippen MR) is 84.7 cm³/mol. The lowest BCUT2D eigenvalue weighted by molar-refractivity contribution is -0.142. The van der Waals surface area contributed by atoms with Crippen molar-refractivity contribution in [2.24, 2.45) is 11.1 Å². The number of anilines is 1. The van der Waals surface area contributed by atoms with Crippen LogP contribution in [0.25, 0.3) is 0 Å². The van der Waals surface area contributed by atoms with Crippen molar-refractivity contribution in [3.63, 3.8) is 0 Å². The molecule has 0 aliphatic carbocycles. The van der Waals surface area contributed by atoms with Gasteiger partial charge in [-0.25, -0.2) is 4.79 Å². The third kappa shape index (κ3) is 4.46. The molecule has 1 aromatic rings. The largest absolute Gasteiger partial charge is 0.482 e. The second kappa shape index (κ2) is 8.38. The highest BCUT2D eigenvalue weighted by Crippen LogP contribution is 2.27. The molecule has 1 amide bonds. The van der Waals surface area contributed by atoms with Crippen molar-refractivity contribution in [1.29, 1.82) is 0 Å². The van der Waals surface area contributed by atoms with E-state index in [1.807, 2.05) is 13.8 Å². The molecule has 1 rings (SSSR count). The Labute approximate surface area is 131 Å². The fraction of sp³-hybridized carbons (Fsp3) is 0.500. The molecule has 0 aliphatic rings. The summed E-state index contributed by atoms with van der Waals surface area (Å²) in [6.45, 7) is 4.02. The van der Waals surface area contributed by atoms with Crippen LogP contribution in [0.15, 0.2) is 24.3 Å². The van der Waals surface area contributed by atoms with Gasteiger partial charge in [0.05, 0.1) is 12.5 Å². The van der Waals surface area contributed by atoms with Crippen LogP contribution in [-0.4, -0.2) is 32.1 Å². The molecule has 0 fully saturated rings. The number of esters is 1. The predicted octanol–water partition coefficient (Wildman–Crippen LogP) is 1.94. The highest BCUT2D eigenvalue weighted by Gasteiger charge is 2.33. The van der Waals surface area contributed by atoms with E-state index in [4.69, 9.17) is 10.5 Å². The molecule has 6 heteroatoms. The lowest BCUT2D eigenvalue weighted by Crippen LogP contribution is -2.41. The summed E-state index contributed by atoms with van der Waals surface area (Å²) in [4.78, 5) is 23.5. The Hall–Kier alpha value is -2.08. The topological polar surface area (TPSA) is 90.7 Å². The molecule has 0 atom stereocenters. The molecule has 0 saturated heterocycles. The van der Waals surface area contributed by atoms with Crippen molar-refractivity contribution in [2.75, 3.05) is 25.6 Å². The van der Waals surface area contributed by atoms with Gasteiger partial charge >= 0.3 is 5.97 Å². The third-order valence-corrected chi connectivity index (χ3v) is 3.90. The summed E-state index contributed by atoms with van der Waals surface area (Å²) in [7, 11) is 1.30. The number of nitrogens with one attached hydrogen (secondary N) is 1. The first-order valence-corrected chi connectivity index (χ1v) is 7.32. The minimum Gasteiger partial charge on any atom is -0.482 e. The number of ether oxygens (including phenoxy) is 2. The van der Waals surface area contributed by atoms with Crippen LogP contribution in [-0.2, 0) is 14.3 Å². The lowest BCUT2D eigenvalue weighted by Gasteiger charge is -2.28. The minimum absolute atomic E-state index is 0.106. The van der Waals surface area contributed by atoms with Gasteiger partial charge in [0, 0.05) is 18.3 Å². The summed E-state index contributed by atoms with van der Waals surface area (Å²) in [6.07, 6.45) is 1.34. The second-order valence-electron chi connectivity index (χ2n) is 5.04. The van der Waals surface area contributed by atoms with Gasteiger partial charge in [-0.2, -0.15) is 0 Å². The van der Waals surface area contributed by atoms with Gasteiger partial charge in [0.15, 0.2) is 6.61 Å². The highest BCUT2D eigenvalue weighted by molar-refractivity contribution is 5.95. The molecular weight excluding hydrogens is 284 g/mol. The summed E-state index contributed by atoms with van der Waals surface area (Å²) < 4.78 is 9.80. The van der Waals surface area contributed by atoms with Gasteiger partial charge in [0.25, 0.3) is 0 Å². The molecule has 0 aliphatic heterocycles. The van der Waals surface area contributed by atoms with E-state index in [9.17, 15) is 9.59 Å². The molecule has 0 radical (unpaired) electrons. The van der Waals surface area contributed by atoms with Gasteiger partial charge in [-0.3, -0.25) is 4.79 Å². The van der Waals surface area contributed by atoms with Crippen LogP contribution in [0.2, 0.25) is 0 Å². The Bertz CT molecular complexity index is 504. The maximum atomic E-state index is 12.4. The van der Waals surface area contributed by atoms with Gasteiger partial charge in [0.1, 0.15) is 5.75 Å². The fourth-order valence-corrected chi connectivity index (χ4v) is 2.08. The summed E-state index contributed by atoms with van der Waals surface area (Å²) in [5, 5.41) is 2.86. The number of methoxy groups -OCH3 is 1. The molecule has 1 aromatic carbocycles. The van der Waals surface area contributed by atoms with Crippen molar-refractivity contribution in [3.8, 4) is 5.75 Å². The van der Waals surface area contributed by atoms with Crippen LogP contribution < -0.4 is 15.8 Å². The summed E-state index contributed by atoms with van der Waals surface area (Å²) in [6, 6.07) is 6.86. The van der Waals surface area contributed by atoms with Crippen molar-refractivity contribution < 1.29 is 19.1 Å². The lowest BCUT2D eigenvalue weighted by atomic mass is 9.81. The number of carbonyl (C=O) groups is 2. The van der Waals surface area contributed by atoms with E-state index in [0.717, 1.165) is 0 Å². The average Bonchev–Trinajstić information content (AvgIpc) is 2.55. The number of hydrogen-bond acceptors (Lipinski definition) is 5. The Morgan fingerprint density at radius 1 is 1.27 bits per heavy atom. The third-order valence-electron chi connectivity index (χ3n) is 3.90. The van der Waals surface area contributed by atoms with Crippen molar-refractivity contribution in [3.05, 3.63) is 24.3 Å². The Kier molecular flexibility index (Phi) is 6.85. The first-order valence-electron chi connectivity index (χ1n) is 7.32.